The highest BCUT2D eigenvalue weighted by Gasteiger charge is 2.12. The minimum Gasteiger partial charge on any atom is -0.497 e. The van der Waals surface area contributed by atoms with Crippen molar-refractivity contribution in [3.63, 3.8) is 0 Å². The number of carbonyl (C=O) groups excluding carboxylic acids is 1. The summed E-state index contributed by atoms with van der Waals surface area (Å²) in [5, 5.41) is 3.36. The first-order valence-corrected chi connectivity index (χ1v) is 8.34. The fraction of sp³-hybridized carbons (Fsp3) is 0.133. The maximum atomic E-state index is 12.1. The standard InChI is InChI=1S/C15H13Cl2NO3S/c1-21-11-4-2-10(3-5-11)18-15(19)9-22(20)12-6-7-13(16)14(17)8-12/h2-8H,9H2,1H3,(H,18,19)/t22-/m0/s1. The molecule has 0 bridgehead atoms. The number of carbonyl (C=O) groups is 1. The number of benzene rings is 2. The zero-order valence-corrected chi connectivity index (χ0v) is 14.0. The first kappa shape index (κ1) is 16.8. The van der Waals surface area contributed by atoms with Crippen molar-refractivity contribution in [3.05, 3.63) is 52.5 Å². The second-order valence-corrected chi connectivity index (χ2v) is 6.61. The molecule has 7 heteroatoms. The number of anilines is 1. The van der Waals surface area contributed by atoms with Crippen molar-refractivity contribution in [3.8, 4) is 5.75 Å². The molecule has 22 heavy (non-hydrogen) atoms. The molecule has 4 nitrogen and oxygen atoms in total. The second-order valence-electron chi connectivity index (χ2n) is 4.34. The molecule has 0 aliphatic rings. The van der Waals surface area contributed by atoms with Crippen LogP contribution in [0.3, 0.4) is 0 Å². The van der Waals surface area contributed by atoms with Crippen LogP contribution in [0.5, 0.6) is 5.75 Å². The van der Waals surface area contributed by atoms with E-state index in [0.717, 1.165) is 0 Å². The van der Waals surface area contributed by atoms with Crippen LogP contribution in [0.25, 0.3) is 0 Å². The first-order valence-electron chi connectivity index (χ1n) is 6.27. The molecule has 0 fully saturated rings. The van der Waals surface area contributed by atoms with Crippen LogP contribution in [0.2, 0.25) is 10.0 Å². The number of hydrogen-bond acceptors (Lipinski definition) is 3. The van der Waals surface area contributed by atoms with Crippen LogP contribution in [-0.4, -0.2) is 23.0 Å². The van der Waals surface area contributed by atoms with Crippen molar-refractivity contribution in [1.82, 2.24) is 0 Å². The van der Waals surface area contributed by atoms with E-state index in [4.69, 9.17) is 27.9 Å². The summed E-state index contributed by atoms with van der Waals surface area (Å²) in [7, 11) is 0.0720. The Morgan fingerprint density at radius 3 is 2.41 bits per heavy atom. The van der Waals surface area contributed by atoms with E-state index in [2.05, 4.69) is 5.32 Å². The molecule has 0 heterocycles. The van der Waals surface area contributed by atoms with Gasteiger partial charge in [0.1, 0.15) is 11.5 Å². The van der Waals surface area contributed by atoms with Crippen molar-refractivity contribution in [1.29, 1.82) is 0 Å². The van der Waals surface area contributed by atoms with Gasteiger partial charge in [-0.3, -0.25) is 9.00 Å². The molecular formula is C15H13Cl2NO3S. The average Bonchev–Trinajstić information content (AvgIpc) is 2.50. The predicted molar refractivity (Wildman–Crippen MR) is 89.4 cm³/mol. The van der Waals surface area contributed by atoms with E-state index >= 15 is 0 Å². The maximum absolute atomic E-state index is 12.1. The molecule has 116 valence electrons. The lowest BCUT2D eigenvalue weighted by molar-refractivity contribution is -0.113. The predicted octanol–water partition coefficient (Wildman–Crippen LogP) is 3.75. The number of hydrogen-bond donors (Lipinski definition) is 1. The molecule has 2 aromatic carbocycles. The summed E-state index contributed by atoms with van der Waals surface area (Å²) in [6, 6.07) is 11.5. The summed E-state index contributed by atoms with van der Waals surface area (Å²) in [6.07, 6.45) is 0. The van der Waals surface area contributed by atoms with E-state index in [9.17, 15) is 9.00 Å². The van der Waals surface area contributed by atoms with Crippen LogP contribution in [0.15, 0.2) is 47.4 Å². The number of amides is 1. The molecule has 0 aromatic heterocycles. The molecule has 0 saturated heterocycles. The van der Waals surface area contributed by atoms with Gasteiger partial charge in [-0.05, 0) is 42.5 Å². The van der Waals surface area contributed by atoms with Gasteiger partial charge in [0.15, 0.2) is 0 Å². The van der Waals surface area contributed by atoms with E-state index in [1.165, 1.54) is 6.07 Å². The van der Waals surface area contributed by atoms with Crippen molar-refractivity contribution in [2.45, 2.75) is 4.90 Å². The molecule has 0 aliphatic heterocycles. The van der Waals surface area contributed by atoms with Crippen molar-refractivity contribution in [2.24, 2.45) is 0 Å². The van der Waals surface area contributed by atoms with Crippen molar-refractivity contribution < 1.29 is 13.7 Å². The quantitative estimate of drug-likeness (QED) is 0.886. The monoisotopic (exact) mass is 357 g/mol. The van der Waals surface area contributed by atoms with Gasteiger partial charge in [-0.1, -0.05) is 23.2 Å². The molecule has 1 atom stereocenters. The Morgan fingerprint density at radius 1 is 1.14 bits per heavy atom. The first-order chi connectivity index (χ1) is 10.5. The molecule has 0 spiro atoms. The van der Waals surface area contributed by atoms with Gasteiger partial charge in [0.05, 0.1) is 28.0 Å². The molecule has 2 rings (SSSR count). The van der Waals surface area contributed by atoms with Crippen molar-refractivity contribution >= 4 is 45.6 Å². The Hall–Kier alpha value is -1.56. The fourth-order valence-electron chi connectivity index (χ4n) is 1.69. The minimum absolute atomic E-state index is 0.163. The lowest BCUT2D eigenvalue weighted by Gasteiger charge is -2.07. The third-order valence-corrected chi connectivity index (χ3v) is 4.83. The average molecular weight is 358 g/mol. The maximum Gasteiger partial charge on any atom is 0.237 e. The number of rotatable bonds is 5. The van der Waals surface area contributed by atoms with Crippen LogP contribution in [0.1, 0.15) is 0 Å². The highest BCUT2D eigenvalue weighted by atomic mass is 35.5. The molecular weight excluding hydrogens is 345 g/mol. The largest absolute Gasteiger partial charge is 0.497 e. The fourth-order valence-corrected chi connectivity index (χ4v) is 3.00. The van der Waals surface area contributed by atoms with E-state index in [0.29, 0.717) is 26.4 Å². The van der Waals surface area contributed by atoms with E-state index in [-0.39, 0.29) is 11.7 Å². The SMILES string of the molecule is COc1ccc(NC(=O)C[S@](=O)c2ccc(Cl)c(Cl)c2)cc1. The van der Waals surface area contributed by atoms with Crippen LogP contribution in [0.4, 0.5) is 5.69 Å². The van der Waals surface area contributed by atoms with Gasteiger partial charge in [-0.2, -0.15) is 0 Å². The normalized spacial score (nSPS) is 11.8. The summed E-state index contributed by atoms with van der Waals surface area (Å²) < 4.78 is 17.2. The van der Waals surface area contributed by atoms with Gasteiger partial charge >= 0.3 is 0 Å². The van der Waals surface area contributed by atoms with Gasteiger partial charge in [0.2, 0.25) is 5.91 Å². The Bertz CT molecular complexity index is 704. The summed E-state index contributed by atoms with van der Waals surface area (Å²) in [5.41, 5.74) is 0.608. The highest BCUT2D eigenvalue weighted by Crippen LogP contribution is 2.24. The zero-order valence-electron chi connectivity index (χ0n) is 11.6. The smallest absolute Gasteiger partial charge is 0.237 e. The van der Waals surface area contributed by atoms with E-state index in [1.807, 2.05) is 0 Å². The zero-order chi connectivity index (χ0) is 16.1. The third kappa shape index (κ3) is 4.47. The van der Waals surface area contributed by atoms with Crippen LogP contribution in [0, 0.1) is 0 Å². The summed E-state index contributed by atoms with van der Waals surface area (Å²) in [6.45, 7) is 0. The van der Waals surface area contributed by atoms with Gasteiger partial charge in [-0.15, -0.1) is 0 Å². The van der Waals surface area contributed by atoms with Crippen LogP contribution >= 0.6 is 23.2 Å². The van der Waals surface area contributed by atoms with Gasteiger partial charge in [0.25, 0.3) is 0 Å². The van der Waals surface area contributed by atoms with Gasteiger partial charge < -0.3 is 10.1 Å². The Balaban J connectivity index is 1.98. The number of halogens is 2. The molecule has 0 unspecified atom stereocenters. The number of methoxy groups -OCH3 is 1. The Kier molecular flexibility index (Phi) is 5.83. The second kappa shape index (κ2) is 7.63. The molecule has 2 aromatic rings. The number of nitrogens with one attached hydrogen (secondary N) is 1. The molecule has 1 N–H and O–H groups in total. The lowest BCUT2D eigenvalue weighted by Crippen LogP contribution is -2.19. The minimum atomic E-state index is -1.49. The summed E-state index contributed by atoms with van der Waals surface area (Å²) in [4.78, 5) is 12.4. The van der Waals surface area contributed by atoms with E-state index < -0.39 is 10.8 Å². The molecule has 0 radical (unpaired) electrons. The topological polar surface area (TPSA) is 55.4 Å². The highest BCUT2D eigenvalue weighted by molar-refractivity contribution is 7.85. The molecule has 0 saturated carbocycles. The van der Waals surface area contributed by atoms with E-state index in [1.54, 1.807) is 43.5 Å². The van der Waals surface area contributed by atoms with Crippen molar-refractivity contribution in [2.75, 3.05) is 18.2 Å². The third-order valence-electron chi connectivity index (χ3n) is 2.79. The number of ether oxygens (including phenoxy) is 1. The summed E-state index contributed by atoms with van der Waals surface area (Å²) >= 11 is 11.7. The Morgan fingerprint density at radius 2 is 1.82 bits per heavy atom. The van der Waals surface area contributed by atoms with Crippen LogP contribution in [-0.2, 0) is 15.6 Å². The molecule has 1 amide bonds. The lowest BCUT2D eigenvalue weighted by atomic mass is 10.3. The van der Waals surface area contributed by atoms with Crippen LogP contribution < -0.4 is 10.1 Å². The summed E-state index contributed by atoms with van der Waals surface area (Å²) in [5.74, 6) is 0.177. The molecule has 0 aliphatic carbocycles. The van der Waals surface area contributed by atoms with Gasteiger partial charge in [0, 0.05) is 10.6 Å². The Labute approximate surface area is 140 Å². The van der Waals surface area contributed by atoms with Gasteiger partial charge in [-0.25, -0.2) is 0 Å².